The van der Waals surface area contributed by atoms with Crippen molar-refractivity contribution in [3.8, 4) is 0 Å². The van der Waals surface area contributed by atoms with Gasteiger partial charge < -0.3 is 16.4 Å². The molecule has 2 saturated carbocycles. The quantitative estimate of drug-likeness (QED) is 0.616. The molecule has 2 aliphatic carbocycles. The standard InChI is InChI=1S/C23H34N4O2.2ClH/c24-22-16-5-4-6-17(22)14-18(13-16)23(29)26-20-9-11-27(12-10-20)15-21(28)25-19-7-2-1-3-8-19;;/h1-3,7-8,16-18,20,22H,4-6,9-15,24H2,(H,25,28)(H,26,29);2*1H. The van der Waals surface area contributed by atoms with E-state index in [-0.39, 0.29) is 48.6 Å². The maximum absolute atomic E-state index is 12.8. The number of likely N-dealkylation sites (tertiary alicyclic amines) is 1. The number of carbonyl (C=O) groups is 2. The first-order valence-electron chi connectivity index (χ1n) is 11.2. The topological polar surface area (TPSA) is 87.5 Å². The molecule has 0 spiro atoms. The Kier molecular flexibility index (Phi) is 10.1. The van der Waals surface area contributed by atoms with Crippen molar-refractivity contribution >= 4 is 42.3 Å². The number of halogens is 2. The minimum atomic E-state index is 0. The van der Waals surface area contributed by atoms with Gasteiger partial charge in [0.05, 0.1) is 6.54 Å². The number of rotatable bonds is 5. The minimum absolute atomic E-state index is 0. The molecule has 3 fully saturated rings. The lowest BCUT2D eigenvalue weighted by Crippen LogP contribution is -2.52. The third-order valence-electron chi connectivity index (χ3n) is 7.14. The molecule has 8 heteroatoms. The summed E-state index contributed by atoms with van der Waals surface area (Å²) in [7, 11) is 0. The molecule has 31 heavy (non-hydrogen) atoms. The number of nitrogens with two attached hydrogens (primary N) is 1. The molecule has 6 nitrogen and oxygen atoms in total. The number of nitrogens with one attached hydrogen (secondary N) is 2. The van der Waals surface area contributed by atoms with Gasteiger partial charge in [-0.3, -0.25) is 14.5 Å². The van der Waals surface area contributed by atoms with E-state index in [2.05, 4.69) is 15.5 Å². The summed E-state index contributed by atoms with van der Waals surface area (Å²) in [4.78, 5) is 27.2. The predicted molar refractivity (Wildman–Crippen MR) is 129 cm³/mol. The van der Waals surface area contributed by atoms with Crippen molar-refractivity contribution in [3.63, 3.8) is 0 Å². The van der Waals surface area contributed by atoms with Crippen LogP contribution in [0.4, 0.5) is 5.69 Å². The van der Waals surface area contributed by atoms with Crippen molar-refractivity contribution in [2.75, 3.05) is 25.0 Å². The summed E-state index contributed by atoms with van der Waals surface area (Å²) in [6.45, 7) is 2.08. The van der Waals surface area contributed by atoms with Crippen LogP contribution in [0.1, 0.15) is 44.9 Å². The van der Waals surface area contributed by atoms with Gasteiger partial charge in [0.15, 0.2) is 0 Å². The van der Waals surface area contributed by atoms with Gasteiger partial charge in [-0.15, -0.1) is 24.8 Å². The first-order chi connectivity index (χ1) is 14.1. The lowest BCUT2D eigenvalue weighted by Gasteiger charge is -2.44. The molecule has 4 N–H and O–H groups in total. The largest absolute Gasteiger partial charge is 0.353 e. The maximum Gasteiger partial charge on any atom is 0.238 e. The molecule has 1 aliphatic heterocycles. The Balaban J connectivity index is 0.00000171. The molecule has 0 radical (unpaired) electrons. The van der Waals surface area contributed by atoms with E-state index in [1.165, 1.54) is 19.3 Å². The fourth-order valence-electron chi connectivity index (χ4n) is 5.48. The van der Waals surface area contributed by atoms with Crippen LogP contribution in [0.15, 0.2) is 30.3 Å². The molecule has 1 aromatic rings. The van der Waals surface area contributed by atoms with E-state index >= 15 is 0 Å². The molecule has 2 bridgehead atoms. The zero-order valence-corrected chi connectivity index (χ0v) is 19.6. The van der Waals surface area contributed by atoms with E-state index in [0.717, 1.165) is 44.5 Å². The van der Waals surface area contributed by atoms with Gasteiger partial charge in [0.2, 0.25) is 11.8 Å². The molecule has 1 aromatic carbocycles. The summed E-state index contributed by atoms with van der Waals surface area (Å²) in [5.41, 5.74) is 7.19. The molecule has 1 saturated heterocycles. The van der Waals surface area contributed by atoms with Crippen LogP contribution in [0.25, 0.3) is 0 Å². The number of amides is 2. The lowest BCUT2D eigenvalue weighted by molar-refractivity contribution is -0.129. The van der Waals surface area contributed by atoms with E-state index in [0.29, 0.717) is 24.4 Å². The number of anilines is 1. The average Bonchev–Trinajstić information content (AvgIpc) is 2.70. The highest BCUT2D eigenvalue weighted by Gasteiger charge is 2.40. The molecule has 2 amide bonds. The second-order valence-corrected chi connectivity index (χ2v) is 9.17. The average molecular weight is 471 g/mol. The van der Waals surface area contributed by atoms with Gasteiger partial charge in [0, 0.05) is 36.8 Å². The molecule has 3 aliphatic rings. The van der Waals surface area contributed by atoms with Gasteiger partial charge in [0.25, 0.3) is 0 Å². The molecule has 1 heterocycles. The Morgan fingerprint density at radius 1 is 0.968 bits per heavy atom. The Morgan fingerprint density at radius 3 is 2.19 bits per heavy atom. The van der Waals surface area contributed by atoms with Crippen LogP contribution in [-0.2, 0) is 9.59 Å². The molecule has 2 unspecified atom stereocenters. The minimum Gasteiger partial charge on any atom is -0.353 e. The third-order valence-corrected chi connectivity index (χ3v) is 7.14. The van der Waals surface area contributed by atoms with Gasteiger partial charge in [-0.25, -0.2) is 0 Å². The zero-order chi connectivity index (χ0) is 20.2. The summed E-state index contributed by atoms with van der Waals surface area (Å²) < 4.78 is 0. The van der Waals surface area contributed by atoms with E-state index < -0.39 is 0 Å². The Labute approximate surface area is 197 Å². The van der Waals surface area contributed by atoms with Crippen molar-refractivity contribution in [1.29, 1.82) is 0 Å². The van der Waals surface area contributed by atoms with Crippen LogP contribution in [0, 0.1) is 17.8 Å². The number of carbonyl (C=O) groups excluding carboxylic acids is 2. The van der Waals surface area contributed by atoms with E-state index in [4.69, 9.17) is 5.73 Å². The summed E-state index contributed by atoms with van der Waals surface area (Å²) in [6.07, 6.45) is 7.38. The fourth-order valence-corrected chi connectivity index (χ4v) is 5.48. The second kappa shape index (κ2) is 12.0. The summed E-state index contributed by atoms with van der Waals surface area (Å²) >= 11 is 0. The monoisotopic (exact) mass is 470 g/mol. The van der Waals surface area contributed by atoms with Crippen molar-refractivity contribution in [3.05, 3.63) is 30.3 Å². The van der Waals surface area contributed by atoms with Gasteiger partial charge >= 0.3 is 0 Å². The zero-order valence-electron chi connectivity index (χ0n) is 18.0. The van der Waals surface area contributed by atoms with Crippen molar-refractivity contribution < 1.29 is 9.59 Å². The highest BCUT2D eigenvalue weighted by atomic mass is 35.5. The number of fused-ring (bicyclic) bond motifs is 2. The highest BCUT2D eigenvalue weighted by molar-refractivity contribution is 5.92. The summed E-state index contributed by atoms with van der Waals surface area (Å²) in [6, 6.07) is 10.1. The van der Waals surface area contributed by atoms with Crippen LogP contribution in [0.2, 0.25) is 0 Å². The predicted octanol–water partition coefficient (Wildman–Crippen LogP) is 3.20. The van der Waals surface area contributed by atoms with Crippen LogP contribution in [-0.4, -0.2) is 48.4 Å². The molecular formula is C23H36Cl2N4O2. The summed E-state index contributed by atoms with van der Waals surface area (Å²) in [5, 5.41) is 6.24. The molecule has 4 rings (SSSR count). The number of para-hydroxylation sites is 1. The van der Waals surface area contributed by atoms with Gasteiger partial charge in [-0.2, -0.15) is 0 Å². The number of benzene rings is 1. The van der Waals surface area contributed by atoms with Crippen LogP contribution in [0.3, 0.4) is 0 Å². The maximum atomic E-state index is 12.8. The van der Waals surface area contributed by atoms with E-state index in [1.54, 1.807) is 0 Å². The Bertz CT molecular complexity index is 699. The Hall–Kier alpha value is -1.34. The highest BCUT2D eigenvalue weighted by Crippen LogP contribution is 2.42. The van der Waals surface area contributed by atoms with Gasteiger partial charge in [0.1, 0.15) is 0 Å². The second-order valence-electron chi connectivity index (χ2n) is 9.17. The Morgan fingerprint density at radius 2 is 1.58 bits per heavy atom. The molecular weight excluding hydrogens is 435 g/mol. The number of piperidine rings is 1. The van der Waals surface area contributed by atoms with Gasteiger partial charge in [-0.05, 0) is 62.5 Å². The summed E-state index contributed by atoms with van der Waals surface area (Å²) in [5.74, 6) is 1.45. The lowest BCUT2D eigenvalue weighted by atomic mass is 9.65. The van der Waals surface area contributed by atoms with Crippen molar-refractivity contribution in [2.45, 2.75) is 57.0 Å². The third kappa shape index (κ3) is 6.82. The van der Waals surface area contributed by atoms with E-state index in [1.807, 2.05) is 30.3 Å². The first-order valence-corrected chi connectivity index (χ1v) is 11.2. The van der Waals surface area contributed by atoms with Crippen LogP contribution >= 0.6 is 24.8 Å². The number of nitrogens with zero attached hydrogens (tertiary/aromatic N) is 1. The number of hydrogen-bond acceptors (Lipinski definition) is 4. The number of hydrogen-bond donors (Lipinski definition) is 3. The van der Waals surface area contributed by atoms with Crippen LogP contribution in [0.5, 0.6) is 0 Å². The van der Waals surface area contributed by atoms with Crippen molar-refractivity contribution in [1.82, 2.24) is 10.2 Å². The molecule has 174 valence electrons. The normalized spacial score (nSPS) is 28.5. The van der Waals surface area contributed by atoms with Gasteiger partial charge in [-0.1, -0.05) is 24.6 Å². The molecule has 2 atom stereocenters. The first kappa shape index (κ1) is 25.9. The van der Waals surface area contributed by atoms with E-state index in [9.17, 15) is 9.59 Å². The van der Waals surface area contributed by atoms with Crippen LogP contribution < -0.4 is 16.4 Å². The smallest absolute Gasteiger partial charge is 0.238 e. The fraction of sp³-hybridized carbons (Fsp3) is 0.652. The van der Waals surface area contributed by atoms with Crippen molar-refractivity contribution in [2.24, 2.45) is 23.5 Å². The SMILES string of the molecule is Cl.Cl.NC1C2CCCC1CC(C(=O)NC1CCN(CC(=O)Nc3ccccc3)CC1)C2. The molecule has 0 aromatic heterocycles.